The summed E-state index contributed by atoms with van der Waals surface area (Å²) in [6, 6.07) is 5.84. The molecule has 1 N–H and O–H groups in total. The van der Waals surface area contributed by atoms with Crippen LogP contribution in [0.25, 0.3) is 0 Å². The molecule has 4 rings (SSSR count). The number of hydrogen-bond acceptors (Lipinski definition) is 4. The van der Waals surface area contributed by atoms with Gasteiger partial charge in [0.1, 0.15) is 0 Å². The largest absolute Gasteiger partial charge is 0.369 e. The van der Waals surface area contributed by atoms with Crippen LogP contribution in [0.1, 0.15) is 34.3 Å². The Balaban J connectivity index is 1.43. The molecule has 0 aliphatic carbocycles. The molecule has 3 aliphatic heterocycles. The first-order valence-corrected chi connectivity index (χ1v) is 10.3. The van der Waals surface area contributed by atoms with E-state index < -0.39 is 0 Å². The summed E-state index contributed by atoms with van der Waals surface area (Å²) in [5.41, 5.74) is 2.71. The van der Waals surface area contributed by atoms with Crippen LogP contribution in [-0.4, -0.2) is 73.6 Å². The van der Waals surface area contributed by atoms with Crippen molar-refractivity contribution in [2.75, 3.05) is 40.3 Å². The summed E-state index contributed by atoms with van der Waals surface area (Å²) in [6.45, 7) is 6.50. The first kappa shape index (κ1) is 19.4. The highest BCUT2D eigenvalue weighted by Gasteiger charge is 2.63. The summed E-state index contributed by atoms with van der Waals surface area (Å²) in [5.74, 6) is 0.742. The number of amides is 2. The summed E-state index contributed by atoms with van der Waals surface area (Å²) in [4.78, 5) is 29.2. The zero-order valence-electron chi connectivity index (χ0n) is 17.3. The number of hydrogen-bond donors (Lipinski definition) is 1. The summed E-state index contributed by atoms with van der Waals surface area (Å²) in [6.07, 6.45) is 2.25. The molecule has 3 saturated heterocycles. The number of carbonyl (C=O) groups excluding carboxylic acids is 2. The highest BCUT2D eigenvalue weighted by Crippen LogP contribution is 2.54. The van der Waals surface area contributed by atoms with Gasteiger partial charge in [0.2, 0.25) is 5.91 Å². The average molecular weight is 386 g/mol. The van der Waals surface area contributed by atoms with Gasteiger partial charge in [-0.15, -0.1) is 0 Å². The number of carbonyl (C=O) groups is 2. The number of fused-ring (bicyclic) bond motifs is 1. The monoisotopic (exact) mass is 385 g/mol. The quantitative estimate of drug-likeness (QED) is 0.836. The number of nitrogens with one attached hydrogen (secondary N) is 1. The van der Waals surface area contributed by atoms with E-state index in [1.807, 2.05) is 55.9 Å². The SMILES string of the molecule is Cc1cccc(C(=O)NC[C@H]2[C@H]3CN(C(=O)CN(C)C)C[C@]34CC[C@H]2O4)c1C. The number of rotatable bonds is 5. The van der Waals surface area contributed by atoms with Crippen LogP contribution in [-0.2, 0) is 9.53 Å². The van der Waals surface area contributed by atoms with Crippen LogP contribution >= 0.6 is 0 Å². The summed E-state index contributed by atoms with van der Waals surface area (Å²) in [5, 5.41) is 3.15. The fourth-order valence-electron chi connectivity index (χ4n) is 5.33. The smallest absolute Gasteiger partial charge is 0.251 e. The minimum Gasteiger partial charge on any atom is -0.369 e. The molecule has 6 heteroatoms. The second kappa shape index (κ2) is 7.16. The molecule has 0 aromatic heterocycles. The van der Waals surface area contributed by atoms with Crippen LogP contribution < -0.4 is 5.32 Å². The van der Waals surface area contributed by atoms with Gasteiger partial charge < -0.3 is 19.9 Å². The van der Waals surface area contributed by atoms with E-state index >= 15 is 0 Å². The Kier molecular flexibility index (Phi) is 4.96. The van der Waals surface area contributed by atoms with Gasteiger partial charge in [0.05, 0.1) is 24.8 Å². The number of likely N-dealkylation sites (tertiary alicyclic amines) is 1. The summed E-state index contributed by atoms with van der Waals surface area (Å²) < 4.78 is 6.40. The zero-order valence-corrected chi connectivity index (χ0v) is 17.3. The number of ether oxygens (including phenoxy) is 1. The maximum atomic E-state index is 12.7. The molecule has 152 valence electrons. The van der Waals surface area contributed by atoms with Gasteiger partial charge in [-0.2, -0.15) is 0 Å². The topological polar surface area (TPSA) is 61.9 Å². The van der Waals surface area contributed by atoms with E-state index in [4.69, 9.17) is 4.74 Å². The molecule has 1 spiro atoms. The first-order chi connectivity index (χ1) is 13.3. The van der Waals surface area contributed by atoms with Gasteiger partial charge in [-0.05, 0) is 58.0 Å². The maximum absolute atomic E-state index is 12.7. The standard InChI is InChI=1S/C22H31N3O3/c1-14-6-5-7-16(15(14)2)21(27)23-10-17-18-11-25(20(26)12-24(3)4)13-22(18)9-8-19(17)28-22/h5-7,17-19H,8-13H2,1-4H3,(H,23,27)/t17-,18+,19+,22+/m0/s1. The normalized spacial score (nSPS) is 30.8. The molecule has 0 saturated carbocycles. The highest BCUT2D eigenvalue weighted by molar-refractivity contribution is 5.95. The zero-order chi connectivity index (χ0) is 20.1. The lowest BCUT2D eigenvalue weighted by molar-refractivity contribution is -0.132. The second-order valence-electron chi connectivity index (χ2n) is 9.00. The molecule has 3 heterocycles. The van der Waals surface area contributed by atoms with E-state index in [0.29, 0.717) is 25.6 Å². The van der Waals surface area contributed by atoms with Crippen molar-refractivity contribution in [2.45, 2.75) is 38.4 Å². The molecule has 1 aromatic carbocycles. The van der Waals surface area contributed by atoms with E-state index in [-0.39, 0.29) is 29.4 Å². The van der Waals surface area contributed by atoms with E-state index in [1.165, 1.54) is 0 Å². The molecule has 6 nitrogen and oxygen atoms in total. The van der Waals surface area contributed by atoms with E-state index in [0.717, 1.165) is 36.1 Å². The molecule has 3 aliphatic rings. The molecule has 1 aromatic rings. The summed E-state index contributed by atoms with van der Waals surface area (Å²) in [7, 11) is 3.83. The molecular weight excluding hydrogens is 354 g/mol. The van der Waals surface area contributed by atoms with Crippen LogP contribution in [0.15, 0.2) is 18.2 Å². The average Bonchev–Trinajstić information content (AvgIpc) is 3.30. The first-order valence-electron chi connectivity index (χ1n) is 10.3. The Bertz CT molecular complexity index is 793. The van der Waals surface area contributed by atoms with E-state index in [2.05, 4.69) is 5.32 Å². The van der Waals surface area contributed by atoms with E-state index in [1.54, 1.807) is 0 Å². The lowest BCUT2D eigenvalue weighted by Crippen LogP contribution is -2.42. The van der Waals surface area contributed by atoms with Crippen LogP contribution in [0.2, 0.25) is 0 Å². The Hall–Kier alpha value is -1.92. The molecular formula is C22H31N3O3. The molecule has 2 amide bonds. The predicted octanol–water partition coefficient (Wildman–Crippen LogP) is 1.60. The number of nitrogens with zero attached hydrogens (tertiary/aromatic N) is 2. The third kappa shape index (κ3) is 3.22. The lowest BCUT2D eigenvalue weighted by atomic mass is 9.73. The fraction of sp³-hybridized carbons (Fsp3) is 0.636. The van der Waals surface area contributed by atoms with Crippen LogP contribution in [0.4, 0.5) is 0 Å². The minimum absolute atomic E-state index is 0.0171. The van der Waals surface area contributed by atoms with Crippen molar-refractivity contribution >= 4 is 11.8 Å². The van der Waals surface area contributed by atoms with Crippen molar-refractivity contribution in [3.63, 3.8) is 0 Å². The Morgan fingerprint density at radius 3 is 2.86 bits per heavy atom. The van der Waals surface area contributed by atoms with Crippen LogP contribution in [0, 0.1) is 25.7 Å². The Labute approximate surface area is 167 Å². The molecule has 0 unspecified atom stereocenters. The van der Waals surface area contributed by atoms with Crippen LogP contribution in [0.5, 0.6) is 0 Å². The Morgan fingerprint density at radius 1 is 1.32 bits per heavy atom. The molecule has 0 radical (unpaired) electrons. The van der Waals surface area contributed by atoms with Crippen molar-refractivity contribution in [3.8, 4) is 0 Å². The van der Waals surface area contributed by atoms with Gasteiger partial charge in [-0.25, -0.2) is 0 Å². The van der Waals surface area contributed by atoms with Crippen LogP contribution in [0.3, 0.4) is 0 Å². The third-order valence-corrected chi connectivity index (χ3v) is 6.94. The van der Waals surface area contributed by atoms with E-state index in [9.17, 15) is 9.59 Å². The van der Waals surface area contributed by atoms with Crippen molar-refractivity contribution in [1.82, 2.24) is 15.1 Å². The van der Waals surface area contributed by atoms with Gasteiger partial charge in [0.15, 0.2) is 0 Å². The maximum Gasteiger partial charge on any atom is 0.251 e. The fourth-order valence-corrected chi connectivity index (χ4v) is 5.33. The molecule has 4 atom stereocenters. The minimum atomic E-state index is -0.193. The van der Waals surface area contributed by atoms with Gasteiger partial charge in [-0.3, -0.25) is 9.59 Å². The molecule has 28 heavy (non-hydrogen) atoms. The third-order valence-electron chi connectivity index (χ3n) is 6.94. The van der Waals surface area contributed by atoms with Gasteiger partial charge in [0.25, 0.3) is 5.91 Å². The van der Waals surface area contributed by atoms with Crippen molar-refractivity contribution in [2.24, 2.45) is 11.8 Å². The predicted molar refractivity (Wildman–Crippen MR) is 107 cm³/mol. The van der Waals surface area contributed by atoms with Crippen molar-refractivity contribution in [3.05, 3.63) is 34.9 Å². The van der Waals surface area contributed by atoms with Crippen molar-refractivity contribution in [1.29, 1.82) is 0 Å². The number of likely N-dealkylation sites (N-methyl/N-ethyl adjacent to an activating group) is 1. The van der Waals surface area contributed by atoms with Gasteiger partial charge in [0, 0.05) is 30.5 Å². The second-order valence-corrected chi connectivity index (χ2v) is 9.00. The Morgan fingerprint density at radius 2 is 2.11 bits per heavy atom. The number of aryl methyl sites for hydroxylation is 1. The van der Waals surface area contributed by atoms with Gasteiger partial charge >= 0.3 is 0 Å². The lowest BCUT2D eigenvalue weighted by Gasteiger charge is -2.29. The molecule has 3 fully saturated rings. The molecule has 2 bridgehead atoms. The highest BCUT2D eigenvalue weighted by atomic mass is 16.5. The van der Waals surface area contributed by atoms with Gasteiger partial charge in [-0.1, -0.05) is 12.1 Å². The van der Waals surface area contributed by atoms with Crippen molar-refractivity contribution < 1.29 is 14.3 Å². The summed E-state index contributed by atoms with van der Waals surface area (Å²) >= 11 is 0. The number of benzene rings is 1.